The van der Waals surface area contributed by atoms with Crippen LogP contribution in [0.4, 0.5) is 13.2 Å². The van der Waals surface area contributed by atoms with Crippen LogP contribution in [-0.2, 0) is 0 Å². The lowest BCUT2D eigenvalue weighted by atomic mass is 10.1. The molecule has 1 amide bonds. The van der Waals surface area contributed by atoms with E-state index in [1.807, 2.05) is 0 Å². The molecule has 0 aromatic carbocycles. The van der Waals surface area contributed by atoms with Crippen molar-refractivity contribution < 1.29 is 23.1 Å². The van der Waals surface area contributed by atoms with Gasteiger partial charge in [0.1, 0.15) is 5.69 Å². The van der Waals surface area contributed by atoms with E-state index in [1.54, 1.807) is 22.6 Å². The molecule has 2 rings (SSSR count). The highest BCUT2D eigenvalue weighted by atomic mass is 127. The molecular formula is C9H8F3IN4O2. The average Bonchev–Trinajstić information content (AvgIpc) is 2.81. The molecule has 0 bridgehead atoms. The number of hydrazone groups is 1. The molecule has 1 aromatic heterocycles. The van der Waals surface area contributed by atoms with Crippen LogP contribution in [-0.4, -0.2) is 43.8 Å². The zero-order chi connectivity index (χ0) is 14.4. The number of aromatic nitrogens is 2. The van der Waals surface area contributed by atoms with Gasteiger partial charge in [0.25, 0.3) is 11.6 Å². The fourth-order valence-electron chi connectivity index (χ4n) is 1.68. The minimum absolute atomic E-state index is 0.0164. The van der Waals surface area contributed by atoms with Gasteiger partial charge in [-0.25, -0.2) is 0 Å². The number of nitrogens with zero attached hydrogens (tertiary/aromatic N) is 3. The summed E-state index contributed by atoms with van der Waals surface area (Å²) >= 11 is 1.74. The monoisotopic (exact) mass is 388 g/mol. The van der Waals surface area contributed by atoms with Crippen molar-refractivity contribution in [1.82, 2.24) is 15.2 Å². The van der Waals surface area contributed by atoms with Crippen LogP contribution in [0.25, 0.3) is 0 Å². The van der Waals surface area contributed by atoms with E-state index in [4.69, 9.17) is 0 Å². The summed E-state index contributed by atoms with van der Waals surface area (Å²) in [4.78, 5) is 12.0. The summed E-state index contributed by atoms with van der Waals surface area (Å²) in [5.41, 5.74) is -3.45. The van der Waals surface area contributed by atoms with Crippen LogP contribution in [0.5, 0.6) is 0 Å². The molecule has 0 saturated heterocycles. The zero-order valence-electron chi connectivity index (χ0n) is 9.49. The van der Waals surface area contributed by atoms with Crippen molar-refractivity contribution in [1.29, 1.82) is 0 Å². The number of halogens is 4. The van der Waals surface area contributed by atoms with E-state index in [9.17, 15) is 23.1 Å². The maximum Gasteiger partial charge on any atom is 0.438 e. The lowest BCUT2D eigenvalue weighted by Crippen LogP contribution is -2.56. The predicted molar refractivity (Wildman–Crippen MR) is 66.2 cm³/mol. The SMILES string of the molecule is CC1=NN(C(=O)c2[nH]ncc2I)C(O)(C(F)(F)F)C1. The van der Waals surface area contributed by atoms with Crippen molar-refractivity contribution in [2.24, 2.45) is 5.10 Å². The lowest BCUT2D eigenvalue weighted by Gasteiger charge is -2.32. The molecule has 1 atom stereocenters. The Morgan fingerprint density at radius 1 is 1.63 bits per heavy atom. The van der Waals surface area contributed by atoms with Gasteiger partial charge in [-0.3, -0.25) is 9.89 Å². The fraction of sp³-hybridized carbons (Fsp3) is 0.444. The minimum atomic E-state index is -5.00. The molecule has 0 radical (unpaired) electrons. The molecule has 0 saturated carbocycles. The first-order chi connectivity index (χ1) is 8.67. The summed E-state index contributed by atoms with van der Waals surface area (Å²) in [6, 6.07) is 0. The van der Waals surface area contributed by atoms with E-state index in [0.717, 1.165) is 0 Å². The topological polar surface area (TPSA) is 81.6 Å². The van der Waals surface area contributed by atoms with Crippen molar-refractivity contribution in [3.05, 3.63) is 15.5 Å². The Balaban J connectivity index is 2.42. The molecule has 1 aliphatic rings. The summed E-state index contributed by atoms with van der Waals surface area (Å²) in [6.07, 6.45) is -4.49. The maximum atomic E-state index is 12.9. The molecule has 2 heterocycles. The Kier molecular flexibility index (Phi) is 3.33. The van der Waals surface area contributed by atoms with E-state index < -0.39 is 24.2 Å². The smallest absolute Gasteiger partial charge is 0.362 e. The number of hydrogen-bond acceptors (Lipinski definition) is 4. The highest BCUT2D eigenvalue weighted by molar-refractivity contribution is 14.1. The third-order valence-electron chi connectivity index (χ3n) is 2.58. The number of aliphatic hydroxyl groups is 1. The van der Waals surface area contributed by atoms with Crippen LogP contribution in [0, 0.1) is 3.57 Å². The van der Waals surface area contributed by atoms with Crippen molar-refractivity contribution in [2.45, 2.75) is 25.2 Å². The maximum absolute atomic E-state index is 12.9. The van der Waals surface area contributed by atoms with Crippen LogP contribution < -0.4 is 0 Å². The lowest BCUT2D eigenvalue weighted by molar-refractivity contribution is -0.297. The Labute approximate surface area is 118 Å². The van der Waals surface area contributed by atoms with Crippen molar-refractivity contribution in [3.63, 3.8) is 0 Å². The van der Waals surface area contributed by atoms with Crippen molar-refractivity contribution >= 4 is 34.2 Å². The number of hydrogen-bond donors (Lipinski definition) is 2. The van der Waals surface area contributed by atoms with Crippen LogP contribution in [0.3, 0.4) is 0 Å². The van der Waals surface area contributed by atoms with Gasteiger partial charge in [-0.2, -0.15) is 28.4 Å². The largest absolute Gasteiger partial charge is 0.438 e. The predicted octanol–water partition coefficient (Wildman–Crippen LogP) is 1.49. The molecule has 0 fully saturated rings. The van der Waals surface area contributed by atoms with Gasteiger partial charge in [-0.05, 0) is 29.5 Å². The summed E-state index contributed by atoms with van der Waals surface area (Å²) in [5.74, 6) is -1.08. The second kappa shape index (κ2) is 4.44. The van der Waals surface area contributed by atoms with Gasteiger partial charge in [0.05, 0.1) is 9.77 Å². The molecule has 6 nitrogen and oxygen atoms in total. The minimum Gasteiger partial charge on any atom is -0.362 e. The molecule has 2 N–H and O–H groups in total. The first-order valence-corrected chi connectivity index (χ1v) is 6.11. The second-order valence-electron chi connectivity index (χ2n) is 4.04. The number of nitrogens with one attached hydrogen (secondary N) is 1. The average molecular weight is 388 g/mol. The highest BCUT2D eigenvalue weighted by Crippen LogP contribution is 2.40. The van der Waals surface area contributed by atoms with Gasteiger partial charge >= 0.3 is 6.18 Å². The van der Waals surface area contributed by atoms with E-state index in [0.29, 0.717) is 3.57 Å². The molecule has 104 valence electrons. The summed E-state index contributed by atoms with van der Waals surface area (Å²) in [5, 5.41) is 19.1. The Morgan fingerprint density at radius 2 is 2.26 bits per heavy atom. The number of rotatable bonds is 1. The second-order valence-corrected chi connectivity index (χ2v) is 5.20. The van der Waals surface area contributed by atoms with E-state index >= 15 is 0 Å². The number of amides is 1. The third-order valence-corrected chi connectivity index (χ3v) is 3.39. The van der Waals surface area contributed by atoms with Gasteiger partial charge in [-0.1, -0.05) is 0 Å². The van der Waals surface area contributed by atoms with Crippen LogP contribution in [0.1, 0.15) is 23.8 Å². The van der Waals surface area contributed by atoms with Gasteiger partial charge in [0, 0.05) is 12.1 Å². The Hall–Kier alpha value is -1.17. The van der Waals surface area contributed by atoms with Gasteiger partial charge < -0.3 is 5.11 Å². The summed E-state index contributed by atoms with van der Waals surface area (Å²) in [7, 11) is 0. The number of aromatic amines is 1. The molecule has 1 aromatic rings. The molecular weight excluding hydrogens is 380 g/mol. The van der Waals surface area contributed by atoms with Crippen molar-refractivity contribution in [2.75, 3.05) is 0 Å². The quantitative estimate of drug-likeness (QED) is 0.716. The summed E-state index contributed by atoms with van der Waals surface area (Å²) in [6.45, 7) is 1.31. The fourth-order valence-corrected chi connectivity index (χ4v) is 2.17. The molecule has 0 aliphatic carbocycles. The first-order valence-electron chi connectivity index (χ1n) is 5.03. The standard InChI is InChI=1S/C9H8F3IN4O2/c1-4-2-8(19,9(10,11)12)17(16-4)7(18)6-5(13)3-14-15-6/h3,19H,2H2,1H3,(H,14,15). The van der Waals surface area contributed by atoms with E-state index in [-0.39, 0.29) is 16.4 Å². The van der Waals surface area contributed by atoms with Crippen LogP contribution in [0.15, 0.2) is 11.3 Å². The molecule has 10 heteroatoms. The van der Waals surface area contributed by atoms with Gasteiger partial charge in [-0.15, -0.1) is 0 Å². The van der Waals surface area contributed by atoms with Crippen LogP contribution in [0.2, 0.25) is 0 Å². The van der Waals surface area contributed by atoms with Crippen LogP contribution >= 0.6 is 22.6 Å². The normalized spacial score (nSPS) is 23.7. The number of carbonyl (C=O) groups excluding carboxylic acids is 1. The Bertz CT molecular complexity index is 556. The zero-order valence-corrected chi connectivity index (χ0v) is 11.7. The summed E-state index contributed by atoms with van der Waals surface area (Å²) < 4.78 is 39.1. The molecule has 1 aliphatic heterocycles. The number of H-pyrrole nitrogens is 1. The van der Waals surface area contributed by atoms with E-state index in [2.05, 4.69) is 15.3 Å². The van der Waals surface area contributed by atoms with Crippen molar-refractivity contribution in [3.8, 4) is 0 Å². The van der Waals surface area contributed by atoms with Gasteiger partial charge in [0.15, 0.2) is 0 Å². The first kappa shape index (κ1) is 14.2. The number of alkyl halides is 3. The molecule has 0 spiro atoms. The third kappa shape index (κ3) is 2.22. The molecule has 1 unspecified atom stereocenters. The molecule has 19 heavy (non-hydrogen) atoms. The Morgan fingerprint density at radius 3 is 2.74 bits per heavy atom. The van der Waals surface area contributed by atoms with Gasteiger partial charge in [0.2, 0.25) is 0 Å². The number of carbonyl (C=O) groups is 1. The highest BCUT2D eigenvalue weighted by Gasteiger charge is 2.63. The van der Waals surface area contributed by atoms with E-state index in [1.165, 1.54) is 13.1 Å².